The first-order valence-electron chi connectivity index (χ1n) is 10.7. The molecule has 4 rings (SSSR count). The molecule has 2 aliphatic rings. The van der Waals surface area contributed by atoms with Crippen molar-refractivity contribution in [2.75, 3.05) is 26.2 Å². The summed E-state index contributed by atoms with van der Waals surface area (Å²) in [4.78, 5) is 28.3. The maximum absolute atomic E-state index is 13.0. The van der Waals surface area contributed by atoms with E-state index in [0.717, 1.165) is 25.2 Å². The lowest BCUT2D eigenvalue weighted by atomic mass is 9.86. The molecule has 0 aromatic heterocycles. The zero-order valence-corrected chi connectivity index (χ0v) is 17.3. The van der Waals surface area contributed by atoms with Gasteiger partial charge in [0.05, 0.1) is 17.0 Å². The van der Waals surface area contributed by atoms with Gasteiger partial charge in [0.25, 0.3) is 5.91 Å². The summed E-state index contributed by atoms with van der Waals surface area (Å²) in [7, 11) is 0. The van der Waals surface area contributed by atoms with E-state index in [9.17, 15) is 14.7 Å². The fourth-order valence-corrected chi connectivity index (χ4v) is 4.31. The van der Waals surface area contributed by atoms with Crippen LogP contribution >= 0.6 is 0 Å². The number of hydrogen-bond acceptors (Lipinski definition) is 5. The van der Waals surface area contributed by atoms with Gasteiger partial charge < -0.3 is 20.1 Å². The van der Waals surface area contributed by atoms with Crippen molar-refractivity contribution >= 4 is 11.7 Å². The Bertz CT molecular complexity index is 922. The van der Waals surface area contributed by atoms with Crippen molar-refractivity contribution in [1.29, 1.82) is 0 Å². The summed E-state index contributed by atoms with van der Waals surface area (Å²) in [5.74, 6) is -0.758. The largest absolute Gasteiger partial charge is 0.508 e. The summed E-state index contributed by atoms with van der Waals surface area (Å²) in [5.41, 5.74) is 1.34. The highest BCUT2D eigenvalue weighted by Gasteiger charge is 2.37. The highest BCUT2D eigenvalue weighted by molar-refractivity contribution is 6.07. The maximum atomic E-state index is 13.0. The number of carbonyl (C=O) groups excluding carboxylic acids is 2. The van der Waals surface area contributed by atoms with E-state index in [-0.39, 0.29) is 34.3 Å². The summed E-state index contributed by atoms with van der Waals surface area (Å²) >= 11 is 0. The zero-order valence-electron chi connectivity index (χ0n) is 17.3. The van der Waals surface area contributed by atoms with Crippen molar-refractivity contribution in [2.24, 2.45) is 5.92 Å². The number of ketones is 1. The molecule has 6 heteroatoms. The number of carbonyl (C=O) groups is 2. The number of Topliss-reactive ketones (excluding diaryl/α,β-unsaturated/α-hetero) is 1. The van der Waals surface area contributed by atoms with Crippen LogP contribution in [0.5, 0.6) is 11.5 Å². The van der Waals surface area contributed by atoms with Crippen LogP contribution in [0.2, 0.25) is 0 Å². The Balaban J connectivity index is 1.55. The van der Waals surface area contributed by atoms with Crippen LogP contribution in [0, 0.1) is 5.92 Å². The van der Waals surface area contributed by atoms with Gasteiger partial charge in [0, 0.05) is 13.1 Å². The summed E-state index contributed by atoms with van der Waals surface area (Å²) in [6.07, 6.45) is 3.19. The number of nitrogens with one attached hydrogen (secondary N) is 1. The average Bonchev–Trinajstić information content (AvgIpc) is 2.77. The van der Waals surface area contributed by atoms with Crippen LogP contribution in [0.1, 0.15) is 58.6 Å². The first kappa shape index (κ1) is 20.4. The van der Waals surface area contributed by atoms with E-state index in [2.05, 4.69) is 10.2 Å². The number of hydrogen-bond donors (Lipinski definition) is 2. The normalized spacial score (nSPS) is 21.6. The number of phenols is 1. The lowest BCUT2D eigenvalue weighted by molar-refractivity contribution is 0.0682. The first-order valence-corrected chi connectivity index (χ1v) is 10.7. The number of rotatable bonds is 5. The molecular formula is C24H28N2O4. The molecule has 0 aliphatic carbocycles. The molecule has 0 saturated carbocycles. The number of benzene rings is 2. The minimum Gasteiger partial charge on any atom is -0.508 e. The van der Waals surface area contributed by atoms with Crippen LogP contribution in [-0.4, -0.2) is 47.9 Å². The van der Waals surface area contributed by atoms with E-state index in [0.29, 0.717) is 6.54 Å². The lowest BCUT2D eigenvalue weighted by Gasteiger charge is -2.32. The Labute approximate surface area is 176 Å². The van der Waals surface area contributed by atoms with Crippen molar-refractivity contribution in [3.63, 3.8) is 0 Å². The van der Waals surface area contributed by atoms with Crippen LogP contribution in [0.15, 0.2) is 42.5 Å². The van der Waals surface area contributed by atoms with Gasteiger partial charge in [0.1, 0.15) is 17.6 Å². The lowest BCUT2D eigenvalue weighted by Crippen LogP contribution is -2.38. The monoisotopic (exact) mass is 408 g/mol. The van der Waals surface area contributed by atoms with E-state index in [1.54, 1.807) is 0 Å². The predicted molar refractivity (Wildman–Crippen MR) is 114 cm³/mol. The van der Waals surface area contributed by atoms with E-state index >= 15 is 0 Å². The number of nitrogens with zero attached hydrogens (tertiary/aromatic N) is 1. The van der Waals surface area contributed by atoms with Gasteiger partial charge in [-0.25, -0.2) is 0 Å². The molecule has 0 bridgehead atoms. The van der Waals surface area contributed by atoms with Crippen LogP contribution in [-0.2, 0) is 0 Å². The second kappa shape index (κ2) is 8.88. The molecule has 0 spiro atoms. The van der Waals surface area contributed by atoms with Crippen molar-refractivity contribution in [3.8, 4) is 11.5 Å². The van der Waals surface area contributed by atoms with E-state index in [4.69, 9.17) is 4.74 Å². The molecule has 6 nitrogen and oxygen atoms in total. The van der Waals surface area contributed by atoms with Gasteiger partial charge in [-0.15, -0.1) is 0 Å². The minimum absolute atomic E-state index is 0.114. The number of amides is 1. The van der Waals surface area contributed by atoms with E-state index < -0.39 is 12.0 Å². The highest BCUT2D eigenvalue weighted by atomic mass is 16.5. The molecule has 1 saturated heterocycles. The third-order valence-corrected chi connectivity index (χ3v) is 5.99. The third-order valence-electron chi connectivity index (χ3n) is 5.99. The third kappa shape index (κ3) is 4.19. The molecule has 2 atom stereocenters. The smallest absolute Gasteiger partial charge is 0.255 e. The first-order chi connectivity index (χ1) is 14.5. The SMILES string of the molecule is C[C@H]1C(=O)c2cc(O)cc(C(=O)NCCN3CCCCC3)c2O[C@H]1c1ccccc1. The summed E-state index contributed by atoms with van der Waals surface area (Å²) in [6.45, 7) is 5.23. The Hall–Kier alpha value is -2.86. The number of aromatic hydroxyl groups is 1. The molecule has 0 unspecified atom stereocenters. The Morgan fingerprint density at radius 3 is 2.63 bits per heavy atom. The molecule has 2 aromatic rings. The highest BCUT2D eigenvalue weighted by Crippen LogP contribution is 2.42. The van der Waals surface area contributed by atoms with Crippen LogP contribution in [0.25, 0.3) is 0 Å². The molecular weight excluding hydrogens is 380 g/mol. The number of piperidine rings is 1. The van der Waals surface area contributed by atoms with Gasteiger partial charge in [0.15, 0.2) is 5.78 Å². The van der Waals surface area contributed by atoms with Crippen LogP contribution in [0.3, 0.4) is 0 Å². The molecule has 1 fully saturated rings. The van der Waals surface area contributed by atoms with Gasteiger partial charge in [-0.05, 0) is 43.6 Å². The van der Waals surface area contributed by atoms with Gasteiger partial charge >= 0.3 is 0 Å². The van der Waals surface area contributed by atoms with Crippen LogP contribution in [0.4, 0.5) is 0 Å². The zero-order chi connectivity index (χ0) is 21.1. The average molecular weight is 408 g/mol. The standard InChI is InChI=1S/C24H28N2O4/c1-16-21(28)19-14-18(27)15-20(23(19)30-22(16)17-8-4-2-5-9-17)24(29)25-10-13-26-11-6-3-7-12-26/h2,4-5,8-9,14-16,22,27H,3,6-7,10-13H2,1H3,(H,25,29)/t16-,22+/m0/s1. The molecule has 2 N–H and O–H groups in total. The second-order valence-electron chi connectivity index (χ2n) is 8.13. The van der Waals surface area contributed by atoms with Gasteiger partial charge in [-0.3, -0.25) is 9.59 Å². The number of likely N-dealkylation sites (tertiary alicyclic amines) is 1. The summed E-state index contributed by atoms with van der Waals surface area (Å²) in [5, 5.41) is 13.1. The topological polar surface area (TPSA) is 78.9 Å². The Morgan fingerprint density at radius 1 is 1.17 bits per heavy atom. The minimum atomic E-state index is -0.476. The molecule has 1 amide bonds. The van der Waals surface area contributed by atoms with E-state index in [1.165, 1.54) is 31.4 Å². The molecule has 30 heavy (non-hydrogen) atoms. The Kier molecular flexibility index (Phi) is 6.04. The van der Waals surface area contributed by atoms with Crippen LogP contribution < -0.4 is 10.1 Å². The fraction of sp³-hybridized carbons (Fsp3) is 0.417. The second-order valence-corrected chi connectivity index (χ2v) is 8.13. The Morgan fingerprint density at radius 2 is 1.90 bits per heavy atom. The molecule has 2 aromatic carbocycles. The summed E-state index contributed by atoms with van der Waals surface area (Å²) < 4.78 is 6.20. The van der Waals surface area contributed by atoms with Crippen molar-refractivity contribution < 1.29 is 19.4 Å². The van der Waals surface area contributed by atoms with Crippen molar-refractivity contribution in [3.05, 3.63) is 59.2 Å². The van der Waals surface area contributed by atoms with Crippen molar-refractivity contribution in [2.45, 2.75) is 32.3 Å². The number of phenolic OH excluding ortho intramolecular Hbond substituents is 1. The predicted octanol–water partition coefficient (Wildman–Crippen LogP) is 3.56. The molecule has 2 aliphatic heterocycles. The summed E-state index contributed by atoms with van der Waals surface area (Å²) in [6, 6.07) is 12.3. The van der Waals surface area contributed by atoms with Gasteiger partial charge in [-0.2, -0.15) is 0 Å². The number of fused-ring (bicyclic) bond motifs is 1. The number of ether oxygens (including phenoxy) is 1. The maximum Gasteiger partial charge on any atom is 0.255 e. The quantitative estimate of drug-likeness (QED) is 0.791. The van der Waals surface area contributed by atoms with Gasteiger partial charge in [-0.1, -0.05) is 43.7 Å². The molecule has 2 heterocycles. The fourth-order valence-electron chi connectivity index (χ4n) is 4.31. The molecule has 0 radical (unpaired) electrons. The van der Waals surface area contributed by atoms with E-state index in [1.807, 2.05) is 37.3 Å². The van der Waals surface area contributed by atoms with Gasteiger partial charge in [0.2, 0.25) is 0 Å². The van der Waals surface area contributed by atoms with Crippen molar-refractivity contribution in [1.82, 2.24) is 10.2 Å². The molecule has 158 valence electrons.